The average Bonchev–Trinajstić information content (AvgIpc) is 1.57. The third kappa shape index (κ3) is 16.5. The minimum absolute atomic E-state index is 0.511. The Morgan fingerprint density at radius 2 is 0.369 bits per heavy atom. The number of hydrogen-bond donors (Lipinski definition) is 2. The normalized spacial score (nSPS) is 11.4. The molecule has 26 rings (SSSR count). The first-order valence-electron chi connectivity index (χ1n) is 47.7. The number of fused-ring (bicyclic) bond motifs is 12. The molecule has 0 amide bonds. The van der Waals surface area contributed by atoms with Crippen LogP contribution < -0.4 is 5.46 Å². The van der Waals surface area contributed by atoms with Crippen LogP contribution in [0.3, 0.4) is 0 Å². The number of rotatable bonds is 16. The highest BCUT2D eigenvalue weighted by Crippen LogP contribution is 2.48. The summed E-state index contributed by atoms with van der Waals surface area (Å²) in [6.07, 6.45) is 0. The molecule has 0 aliphatic heterocycles. The highest BCUT2D eigenvalue weighted by molar-refractivity contribution is 6.58. The second kappa shape index (κ2) is 37.6. The molecular formula is C132H89BCl2N4O2. The molecule has 0 atom stereocenters. The summed E-state index contributed by atoms with van der Waals surface area (Å²) in [4.78, 5) is 0. The van der Waals surface area contributed by atoms with Crippen molar-refractivity contribution in [1.29, 1.82) is 0 Å². The minimum atomic E-state index is -1.41. The Bertz CT molecular complexity index is 9180. The van der Waals surface area contributed by atoms with Crippen LogP contribution >= 0.6 is 23.2 Å². The molecule has 0 fully saturated rings. The maximum atomic E-state index is 9.05. The van der Waals surface area contributed by atoms with Gasteiger partial charge < -0.3 is 28.3 Å². The Morgan fingerprint density at radius 1 is 0.149 bits per heavy atom. The largest absolute Gasteiger partial charge is 0.488 e. The molecule has 0 radical (unpaired) electrons. The van der Waals surface area contributed by atoms with Crippen LogP contribution in [0.25, 0.3) is 232 Å². The van der Waals surface area contributed by atoms with Crippen LogP contribution in [-0.4, -0.2) is 35.4 Å². The molecule has 9 heteroatoms. The van der Waals surface area contributed by atoms with E-state index in [0.29, 0.717) is 5.46 Å². The van der Waals surface area contributed by atoms with Crippen molar-refractivity contribution < 1.29 is 10.0 Å². The quantitative estimate of drug-likeness (QED) is 0.0947. The Morgan fingerprint density at radius 3 is 0.688 bits per heavy atom. The molecule has 2 N–H and O–H groups in total. The molecule has 26 aromatic rings. The number of halogens is 2. The van der Waals surface area contributed by atoms with Crippen molar-refractivity contribution in [3.8, 4) is 145 Å². The van der Waals surface area contributed by atoms with Gasteiger partial charge in [-0.3, -0.25) is 0 Å². The van der Waals surface area contributed by atoms with Gasteiger partial charge in [-0.25, -0.2) is 0 Å². The van der Waals surface area contributed by atoms with Crippen LogP contribution in [0.1, 0.15) is 0 Å². The number of aromatic nitrogens is 4. The maximum absolute atomic E-state index is 9.05. The smallest absolute Gasteiger partial charge is 0.423 e. The highest BCUT2D eigenvalue weighted by Gasteiger charge is 2.25. The fourth-order valence-electron chi connectivity index (χ4n) is 20.8. The van der Waals surface area contributed by atoms with Gasteiger partial charge in [-0.05, 0) is 273 Å². The third-order valence-electron chi connectivity index (χ3n) is 27.5. The summed E-state index contributed by atoms with van der Waals surface area (Å²) < 4.78 is 9.55. The average molecular weight is 1840 g/mol. The predicted octanol–water partition coefficient (Wildman–Crippen LogP) is 34.8. The van der Waals surface area contributed by atoms with E-state index in [-0.39, 0.29) is 0 Å². The monoisotopic (exact) mass is 1840 g/mol. The summed E-state index contributed by atoms with van der Waals surface area (Å²) in [7, 11) is -1.41. The molecule has 0 bridgehead atoms. The van der Waals surface area contributed by atoms with Gasteiger partial charge in [0.15, 0.2) is 0 Å². The SMILES string of the molecule is Clc1cccc2c1c1cc(-c3ccc4c(c3)c3c(Cl)cccc3n4-c3cccc(-c4ccccc4)c3)ccc1n2-c1ccc(-c2ccccc2)cc1.OB(O)c1cccc(-c2ccccc2)c1.c1ccc(-c2ccc(-n3c4ccc(-c5ccc6c(c5)c5c(-c7cccc(-c8ccccc8)c7)cccc5n6-c5cccc(-c6ccccc6)c5)cc4c4c(-c5cccc(-c6ccccc6)c5)cccc43)cc2)cc1. The van der Waals surface area contributed by atoms with Crippen LogP contribution in [0.2, 0.25) is 10.0 Å². The highest BCUT2D eigenvalue weighted by atomic mass is 35.5. The van der Waals surface area contributed by atoms with Crippen molar-refractivity contribution in [3.05, 3.63) is 538 Å². The van der Waals surface area contributed by atoms with Gasteiger partial charge in [-0.1, -0.05) is 405 Å². The van der Waals surface area contributed by atoms with E-state index in [1.54, 1.807) is 12.1 Å². The van der Waals surface area contributed by atoms with Gasteiger partial charge in [0, 0.05) is 65.8 Å². The second-order valence-corrected chi connectivity index (χ2v) is 36.7. The van der Waals surface area contributed by atoms with Crippen molar-refractivity contribution >= 4 is 123 Å². The van der Waals surface area contributed by atoms with Gasteiger partial charge >= 0.3 is 7.12 Å². The maximum Gasteiger partial charge on any atom is 0.488 e. The summed E-state index contributed by atoms with van der Waals surface area (Å²) >= 11 is 14.0. The lowest BCUT2D eigenvalue weighted by Gasteiger charge is -2.11. The van der Waals surface area contributed by atoms with Crippen LogP contribution in [-0.2, 0) is 0 Å². The fourth-order valence-corrected chi connectivity index (χ4v) is 21.3. The van der Waals surface area contributed by atoms with E-state index in [9.17, 15) is 0 Å². The van der Waals surface area contributed by atoms with E-state index < -0.39 is 7.12 Å². The molecule has 4 heterocycles. The Balaban J connectivity index is 0.000000138. The summed E-state index contributed by atoms with van der Waals surface area (Å²) in [6, 6.07) is 188. The molecule has 141 heavy (non-hydrogen) atoms. The second-order valence-electron chi connectivity index (χ2n) is 35.9. The molecule has 6 nitrogen and oxygen atoms in total. The first-order chi connectivity index (χ1) is 69.6. The number of hydrogen-bond acceptors (Lipinski definition) is 2. The van der Waals surface area contributed by atoms with Crippen LogP contribution in [0.4, 0.5) is 0 Å². The van der Waals surface area contributed by atoms with E-state index in [0.717, 1.165) is 104 Å². The van der Waals surface area contributed by atoms with Crippen molar-refractivity contribution in [1.82, 2.24) is 18.3 Å². The Labute approximate surface area is 828 Å². The van der Waals surface area contributed by atoms with E-state index in [1.165, 1.54) is 138 Å². The summed E-state index contributed by atoms with van der Waals surface area (Å²) in [5.41, 5.74) is 39.8. The molecule has 4 aromatic heterocycles. The number of nitrogens with zero attached hydrogens (tertiary/aromatic N) is 4. The lowest BCUT2D eigenvalue weighted by atomic mass is 9.79. The standard InChI is InChI=1S/C72H48N2.C48H30Cl2N2.C12H11BO2/c1-5-18-49(19-6-1)53-36-40-61(41-37-53)73-67-42-38-57(47-65(67)71-63(32-16-34-69(71)73)59-29-13-26-54(44-59)50-20-7-2-8-21-50)58-39-43-68-66(48-58)72-64(60-30-14-27-55(45-60)51-22-9-3-10-23-51)33-17-35-70(72)74(68)62-31-15-28-56(46-62)52-24-11-4-12-25-52;49-41-16-8-18-45-47(41)39-29-35(22-26-43(39)51(45)37-24-20-33(21-25-37)31-10-3-1-4-11-31)36-23-27-44-40(30-36)48-42(50)17-9-19-46(48)52(44)38-15-7-14-34(28-38)32-12-5-2-6-13-32;14-13(15)12-8-4-7-11(9-12)10-5-2-1-3-6-10/h1-48H;1-30H;1-9,14-15H. The minimum Gasteiger partial charge on any atom is -0.423 e. The summed E-state index contributed by atoms with van der Waals surface area (Å²) in [6.45, 7) is 0. The topological polar surface area (TPSA) is 60.2 Å². The van der Waals surface area contributed by atoms with Gasteiger partial charge in [0.25, 0.3) is 0 Å². The first kappa shape index (κ1) is 86.4. The van der Waals surface area contributed by atoms with E-state index in [4.69, 9.17) is 33.2 Å². The van der Waals surface area contributed by atoms with Crippen LogP contribution in [0.15, 0.2) is 528 Å². The van der Waals surface area contributed by atoms with Crippen LogP contribution in [0, 0.1) is 0 Å². The van der Waals surface area contributed by atoms with Crippen molar-refractivity contribution in [2.24, 2.45) is 0 Å². The molecular weight excluding hydrogens is 1760 g/mol. The van der Waals surface area contributed by atoms with Gasteiger partial charge in [0.05, 0.1) is 54.2 Å². The summed E-state index contributed by atoms with van der Waals surface area (Å²) in [5, 5.41) is 28.8. The van der Waals surface area contributed by atoms with Crippen molar-refractivity contribution in [3.63, 3.8) is 0 Å². The number of benzene rings is 22. The fraction of sp³-hybridized carbons (Fsp3) is 0. The lowest BCUT2D eigenvalue weighted by Crippen LogP contribution is -2.29. The van der Waals surface area contributed by atoms with Gasteiger partial charge in [0.1, 0.15) is 0 Å². The molecule has 0 aliphatic rings. The molecule has 0 unspecified atom stereocenters. The van der Waals surface area contributed by atoms with Gasteiger partial charge in [-0.2, -0.15) is 0 Å². The molecule has 0 aliphatic carbocycles. The van der Waals surface area contributed by atoms with Gasteiger partial charge in [0.2, 0.25) is 0 Å². The summed E-state index contributed by atoms with van der Waals surface area (Å²) in [5.74, 6) is 0. The van der Waals surface area contributed by atoms with Crippen molar-refractivity contribution in [2.75, 3.05) is 0 Å². The zero-order valence-electron chi connectivity index (χ0n) is 76.7. The molecule has 0 saturated heterocycles. The van der Waals surface area contributed by atoms with Crippen molar-refractivity contribution in [2.45, 2.75) is 0 Å². The molecule has 666 valence electrons. The van der Waals surface area contributed by atoms with Gasteiger partial charge in [-0.15, -0.1) is 0 Å². The molecule has 22 aromatic carbocycles. The predicted molar refractivity (Wildman–Crippen MR) is 596 cm³/mol. The third-order valence-corrected chi connectivity index (χ3v) is 28.1. The first-order valence-corrected chi connectivity index (χ1v) is 48.4. The Hall–Kier alpha value is -17.4. The van der Waals surface area contributed by atoms with E-state index in [1.807, 2.05) is 72.8 Å². The van der Waals surface area contributed by atoms with E-state index in [2.05, 4.69) is 461 Å². The molecule has 0 spiro atoms. The zero-order valence-corrected chi connectivity index (χ0v) is 78.3. The Kier molecular flexibility index (Phi) is 23.0. The van der Waals surface area contributed by atoms with E-state index >= 15 is 0 Å². The molecule has 0 saturated carbocycles. The van der Waals surface area contributed by atoms with Crippen LogP contribution in [0.5, 0.6) is 0 Å². The lowest BCUT2D eigenvalue weighted by molar-refractivity contribution is 0.426. The zero-order chi connectivity index (χ0) is 94.4.